The maximum atomic E-state index is 12.5. The van der Waals surface area contributed by atoms with Gasteiger partial charge in [-0.3, -0.25) is 4.79 Å². The van der Waals surface area contributed by atoms with Crippen molar-refractivity contribution in [2.24, 2.45) is 11.7 Å². The molecule has 1 aliphatic rings. The summed E-state index contributed by atoms with van der Waals surface area (Å²) in [7, 11) is 0. The van der Waals surface area contributed by atoms with E-state index in [2.05, 4.69) is 24.4 Å². The number of fused-ring (bicyclic) bond motifs is 1. The monoisotopic (exact) mass is 394 g/mol. The van der Waals surface area contributed by atoms with Crippen LogP contribution in [0.25, 0.3) is 20.8 Å². The van der Waals surface area contributed by atoms with Crippen molar-refractivity contribution < 1.29 is 9.59 Å². The number of urea groups is 1. The van der Waals surface area contributed by atoms with E-state index in [1.807, 2.05) is 30.3 Å². The Hall–Kier alpha value is -2.93. The molecule has 6 nitrogen and oxygen atoms in total. The number of nitrogens with zero attached hydrogens (tertiary/aromatic N) is 2. The van der Waals surface area contributed by atoms with E-state index in [0.717, 1.165) is 21.8 Å². The van der Waals surface area contributed by atoms with E-state index in [0.29, 0.717) is 25.9 Å². The molecular formula is C21H22N4O2S. The molecule has 7 heteroatoms. The fraction of sp³-hybridized carbons (Fsp3) is 0.286. The van der Waals surface area contributed by atoms with Crippen molar-refractivity contribution in [3.63, 3.8) is 0 Å². The molecule has 3 N–H and O–H groups in total. The maximum absolute atomic E-state index is 12.5. The highest BCUT2D eigenvalue weighted by molar-refractivity contribution is 7.21. The molecule has 28 heavy (non-hydrogen) atoms. The van der Waals surface area contributed by atoms with E-state index in [-0.39, 0.29) is 11.8 Å². The summed E-state index contributed by atoms with van der Waals surface area (Å²) in [5.41, 5.74) is 9.32. The van der Waals surface area contributed by atoms with Crippen molar-refractivity contribution >= 4 is 39.2 Å². The Balaban J connectivity index is 1.41. The fourth-order valence-electron chi connectivity index (χ4n) is 3.46. The lowest BCUT2D eigenvalue weighted by Crippen LogP contribution is -2.43. The lowest BCUT2D eigenvalue weighted by atomic mass is 9.96. The molecule has 0 bridgehead atoms. The second kappa shape index (κ2) is 7.59. The highest BCUT2D eigenvalue weighted by atomic mass is 32.1. The Morgan fingerprint density at radius 2 is 1.86 bits per heavy atom. The number of rotatable bonds is 3. The Morgan fingerprint density at radius 3 is 2.54 bits per heavy atom. The molecule has 3 aromatic rings. The van der Waals surface area contributed by atoms with Gasteiger partial charge in [-0.1, -0.05) is 6.07 Å². The normalized spacial score (nSPS) is 15.0. The second-order valence-corrected chi connectivity index (χ2v) is 8.19. The van der Waals surface area contributed by atoms with Crippen molar-refractivity contribution in [3.05, 3.63) is 48.0 Å². The summed E-state index contributed by atoms with van der Waals surface area (Å²) in [4.78, 5) is 30.0. The average Bonchev–Trinajstić information content (AvgIpc) is 3.11. The van der Waals surface area contributed by atoms with Gasteiger partial charge in [-0.05, 0) is 61.7 Å². The first kappa shape index (κ1) is 18.4. The van der Waals surface area contributed by atoms with Gasteiger partial charge >= 0.3 is 6.03 Å². The van der Waals surface area contributed by atoms with Crippen LogP contribution < -0.4 is 11.1 Å². The number of hydrogen-bond donors (Lipinski definition) is 2. The van der Waals surface area contributed by atoms with E-state index in [9.17, 15) is 9.59 Å². The molecule has 2 heterocycles. The SMILES string of the molecule is Cc1ccc2nc(-c3ccc(NC(=O)C4CCN(C(N)=O)CC4)cc3)sc2c1. The van der Waals surface area contributed by atoms with Crippen molar-refractivity contribution in [1.82, 2.24) is 9.88 Å². The molecule has 0 aliphatic carbocycles. The smallest absolute Gasteiger partial charge is 0.314 e. The van der Waals surface area contributed by atoms with Crippen LogP contribution >= 0.6 is 11.3 Å². The summed E-state index contributed by atoms with van der Waals surface area (Å²) >= 11 is 1.67. The van der Waals surface area contributed by atoms with Crippen LogP contribution in [0.1, 0.15) is 18.4 Å². The highest BCUT2D eigenvalue weighted by Gasteiger charge is 2.26. The molecule has 1 fully saturated rings. The Kier molecular flexibility index (Phi) is 5.00. The summed E-state index contributed by atoms with van der Waals surface area (Å²) < 4.78 is 1.18. The van der Waals surface area contributed by atoms with E-state index < -0.39 is 6.03 Å². The van der Waals surface area contributed by atoms with Crippen LogP contribution in [0, 0.1) is 12.8 Å². The van der Waals surface area contributed by atoms with E-state index in [4.69, 9.17) is 10.7 Å². The molecule has 1 aliphatic heterocycles. The molecule has 1 saturated heterocycles. The number of thiazole rings is 1. The number of amides is 3. The summed E-state index contributed by atoms with van der Waals surface area (Å²) in [6, 6.07) is 13.6. The van der Waals surface area contributed by atoms with Gasteiger partial charge in [0, 0.05) is 30.3 Å². The molecular weight excluding hydrogens is 372 g/mol. The fourth-order valence-corrected chi connectivity index (χ4v) is 4.53. The topological polar surface area (TPSA) is 88.3 Å². The molecule has 0 unspecified atom stereocenters. The van der Waals surface area contributed by atoms with Gasteiger partial charge in [0.1, 0.15) is 5.01 Å². The molecule has 2 aromatic carbocycles. The number of nitrogens with one attached hydrogen (secondary N) is 1. The summed E-state index contributed by atoms with van der Waals surface area (Å²) in [5, 5.41) is 3.95. The number of carbonyl (C=O) groups is 2. The van der Waals surface area contributed by atoms with Gasteiger partial charge in [0.2, 0.25) is 5.91 Å². The number of primary amides is 1. The number of likely N-dealkylation sites (tertiary alicyclic amines) is 1. The third kappa shape index (κ3) is 3.84. The van der Waals surface area contributed by atoms with Crippen LogP contribution in [0.3, 0.4) is 0 Å². The Morgan fingerprint density at radius 1 is 1.14 bits per heavy atom. The predicted molar refractivity (Wildman–Crippen MR) is 112 cm³/mol. The molecule has 4 rings (SSSR count). The quantitative estimate of drug-likeness (QED) is 0.704. The van der Waals surface area contributed by atoms with E-state index in [1.54, 1.807) is 16.2 Å². The molecule has 3 amide bonds. The minimum Gasteiger partial charge on any atom is -0.351 e. The van der Waals surface area contributed by atoms with E-state index in [1.165, 1.54) is 10.3 Å². The summed E-state index contributed by atoms with van der Waals surface area (Å²) in [6.07, 6.45) is 1.27. The van der Waals surface area contributed by atoms with Crippen molar-refractivity contribution in [2.45, 2.75) is 19.8 Å². The first-order valence-electron chi connectivity index (χ1n) is 9.32. The number of benzene rings is 2. The van der Waals surface area contributed by atoms with Crippen LogP contribution in [0.15, 0.2) is 42.5 Å². The van der Waals surface area contributed by atoms with Gasteiger partial charge in [0.05, 0.1) is 10.2 Å². The van der Waals surface area contributed by atoms with Gasteiger partial charge < -0.3 is 16.0 Å². The van der Waals surface area contributed by atoms with Gasteiger partial charge in [-0.15, -0.1) is 11.3 Å². The minimum atomic E-state index is -0.417. The largest absolute Gasteiger partial charge is 0.351 e. The average molecular weight is 395 g/mol. The van der Waals surface area contributed by atoms with Gasteiger partial charge in [0.25, 0.3) is 0 Å². The predicted octanol–water partition coefficient (Wildman–Crippen LogP) is 4.00. The number of piperidine rings is 1. The maximum Gasteiger partial charge on any atom is 0.314 e. The zero-order chi connectivity index (χ0) is 19.7. The summed E-state index contributed by atoms with van der Waals surface area (Å²) in [6.45, 7) is 3.14. The number of anilines is 1. The Bertz CT molecular complexity index is 1020. The van der Waals surface area contributed by atoms with Gasteiger partial charge in [0.15, 0.2) is 0 Å². The van der Waals surface area contributed by atoms with Gasteiger partial charge in [-0.2, -0.15) is 0 Å². The summed E-state index contributed by atoms with van der Waals surface area (Å²) in [5.74, 6) is -0.102. The van der Waals surface area contributed by atoms with Crippen molar-refractivity contribution in [3.8, 4) is 10.6 Å². The molecule has 0 radical (unpaired) electrons. The van der Waals surface area contributed by atoms with Crippen LogP contribution in [-0.2, 0) is 4.79 Å². The minimum absolute atomic E-state index is 0.00710. The zero-order valence-corrected chi connectivity index (χ0v) is 16.5. The molecule has 0 saturated carbocycles. The van der Waals surface area contributed by atoms with Crippen LogP contribution in [0.2, 0.25) is 0 Å². The first-order chi connectivity index (χ1) is 13.5. The lowest BCUT2D eigenvalue weighted by Gasteiger charge is -2.29. The van der Waals surface area contributed by atoms with Crippen LogP contribution in [0.5, 0.6) is 0 Å². The third-order valence-electron chi connectivity index (χ3n) is 5.12. The number of aromatic nitrogens is 1. The number of aryl methyl sites for hydroxylation is 1. The molecule has 1 aromatic heterocycles. The lowest BCUT2D eigenvalue weighted by molar-refractivity contribution is -0.121. The molecule has 0 spiro atoms. The molecule has 0 atom stereocenters. The molecule has 144 valence electrons. The van der Waals surface area contributed by atoms with Gasteiger partial charge in [-0.25, -0.2) is 9.78 Å². The standard InChI is InChI=1S/C21H22N4O2S/c1-13-2-7-17-18(12-13)28-20(24-17)15-3-5-16(6-4-15)23-19(26)14-8-10-25(11-9-14)21(22)27/h2-7,12,14H,8-11H2,1H3,(H2,22,27)(H,23,26). The number of nitrogens with two attached hydrogens (primary N) is 1. The number of carbonyl (C=O) groups excluding carboxylic acids is 2. The van der Waals surface area contributed by atoms with E-state index >= 15 is 0 Å². The third-order valence-corrected chi connectivity index (χ3v) is 6.19. The zero-order valence-electron chi connectivity index (χ0n) is 15.6. The number of hydrogen-bond acceptors (Lipinski definition) is 4. The first-order valence-corrected chi connectivity index (χ1v) is 10.1. The second-order valence-electron chi connectivity index (χ2n) is 7.16. The van der Waals surface area contributed by atoms with Crippen LogP contribution in [0.4, 0.5) is 10.5 Å². The van der Waals surface area contributed by atoms with Crippen molar-refractivity contribution in [1.29, 1.82) is 0 Å². The highest BCUT2D eigenvalue weighted by Crippen LogP contribution is 2.31. The van der Waals surface area contributed by atoms with Crippen LogP contribution in [-0.4, -0.2) is 34.9 Å². The van der Waals surface area contributed by atoms with Crippen molar-refractivity contribution in [2.75, 3.05) is 18.4 Å². The Labute approximate surface area is 167 Å².